The number of fused-ring (bicyclic) bond motifs is 1. The molecule has 1 amide bonds. The van der Waals surface area contributed by atoms with E-state index in [9.17, 15) is 13.2 Å². The van der Waals surface area contributed by atoms with Crippen LogP contribution in [0.1, 0.15) is 24.5 Å². The fourth-order valence-electron chi connectivity index (χ4n) is 2.70. The Bertz CT molecular complexity index is 877. The zero-order valence-electron chi connectivity index (χ0n) is 13.1. The van der Waals surface area contributed by atoms with Crippen LogP contribution in [0.2, 0.25) is 4.34 Å². The Kier molecular flexibility index (Phi) is 4.85. The predicted octanol–water partition coefficient (Wildman–Crippen LogP) is 3.50. The van der Waals surface area contributed by atoms with Gasteiger partial charge in [-0.1, -0.05) is 24.6 Å². The first-order valence-electron chi connectivity index (χ1n) is 7.57. The van der Waals surface area contributed by atoms with Gasteiger partial charge in [-0.3, -0.25) is 9.52 Å². The van der Waals surface area contributed by atoms with Crippen molar-refractivity contribution in [2.75, 3.05) is 11.3 Å². The van der Waals surface area contributed by atoms with Gasteiger partial charge in [0.25, 0.3) is 10.0 Å². The van der Waals surface area contributed by atoms with Crippen molar-refractivity contribution < 1.29 is 13.2 Å². The van der Waals surface area contributed by atoms with E-state index in [1.54, 1.807) is 23.1 Å². The lowest BCUT2D eigenvalue weighted by molar-refractivity contribution is -0.131. The van der Waals surface area contributed by atoms with Crippen LogP contribution in [0.25, 0.3) is 0 Å². The maximum absolute atomic E-state index is 12.4. The highest BCUT2D eigenvalue weighted by atomic mass is 35.5. The molecule has 0 aliphatic carbocycles. The molecule has 0 saturated carbocycles. The summed E-state index contributed by atoms with van der Waals surface area (Å²) in [5.41, 5.74) is 2.62. The first kappa shape index (κ1) is 17.3. The Labute approximate surface area is 150 Å². The second-order valence-electron chi connectivity index (χ2n) is 5.57. The van der Waals surface area contributed by atoms with Gasteiger partial charge >= 0.3 is 0 Å². The second kappa shape index (κ2) is 6.74. The standard InChI is InChI=1S/C16H17ClN2O3S2/c1-2-15(20)19-8-7-11-3-4-13(9-12(11)10-19)18-24(21,22)16-6-5-14(17)23-16/h3-6,9,18H,2,7-8,10H2,1H3. The largest absolute Gasteiger partial charge is 0.338 e. The molecular weight excluding hydrogens is 368 g/mol. The van der Waals surface area contributed by atoms with Crippen molar-refractivity contribution in [1.82, 2.24) is 4.90 Å². The Balaban J connectivity index is 1.83. The smallest absolute Gasteiger partial charge is 0.271 e. The SMILES string of the molecule is CCC(=O)N1CCc2ccc(NS(=O)(=O)c3ccc(Cl)s3)cc2C1. The lowest BCUT2D eigenvalue weighted by atomic mass is 9.99. The first-order chi connectivity index (χ1) is 11.4. The summed E-state index contributed by atoms with van der Waals surface area (Å²) in [7, 11) is -3.65. The van der Waals surface area contributed by atoms with E-state index in [0.717, 1.165) is 28.9 Å². The van der Waals surface area contributed by atoms with E-state index in [1.807, 2.05) is 13.0 Å². The number of nitrogens with one attached hydrogen (secondary N) is 1. The zero-order valence-corrected chi connectivity index (χ0v) is 15.5. The number of benzene rings is 1. The van der Waals surface area contributed by atoms with Crippen LogP contribution in [0.5, 0.6) is 0 Å². The minimum Gasteiger partial charge on any atom is -0.338 e. The average molecular weight is 385 g/mol. The molecule has 3 rings (SSSR count). The van der Waals surface area contributed by atoms with E-state index in [0.29, 0.717) is 29.5 Å². The number of carbonyl (C=O) groups excluding carboxylic acids is 1. The maximum atomic E-state index is 12.4. The Morgan fingerprint density at radius 3 is 2.75 bits per heavy atom. The van der Waals surface area contributed by atoms with E-state index < -0.39 is 10.0 Å². The molecule has 1 aliphatic rings. The molecule has 0 spiro atoms. The average Bonchev–Trinajstić information content (AvgIpc) is 3.00. The quantitative estimate of drug-likeness (QED) is 0.877. The molecule has 0 atom stereocenters. The van der Waals surface area contributed by atoms with Gasteiger partial charge < -0.3 is 4.90 Å². The molecule has 2 aromatic rings. The number of hydrogen-bond donors (Lipinski definition) is 1. The fourth-order valence-corrected chi connectivity index (χ4v) is 5.24. The van der Waals surface area contributed by atoms with Crippen LogP contribution in [-0.2, 0) is 27.8 Å². The number of thiophene rings is 1. The van der Waals surface area contributed by atoms with Crippen molar-refractivity contribution in [1.29, 1.82) is 0 Å². The van der Waals surface area contributed by atoms with Gasteiger partial charge in [0.15, 0.2) is 0 Å². The third kappa shape index (κ3) is 3.58. The summed E-state index contributed by atoms with van der Waals surface area (Å²) in [4.78, 5) is 13.7. The van der Waals surface area contributed by atoms with Gasteiger partial charge in [0.1, 0.15) is 4.21 Å². The van der Waals surface area contributed by atoms with Gasteiger partial charge in [-0.15, -0.1) is 11.3 Å². The van der Waals surface area contributed by atoms with E-state index in [-0.39, 0.29) is 10.1 Å². The molecule has 5 nitrogen and oxygen atoms in total. The van der Waals surface area contributed by atoms with Crippen LogP contribution in [0.3, 0.4) is 0 Å². The first-order valence-corrected chi connectivity index (χ1v) is 10.2. The highest BCUT2D eigenvalue weighted by Gasteiger charge is 2.21. The molecule has 0 fully saturated rings. The summed E-state index contributed by atoms with van der Waals surface area (Å²) in [6.45, 7) is 3.06. The summed E-state index contributed by atoms with van der Waals surface area (Å²) < 4.78 is 27.9. The molecule has 1 aliphatic heterocycles. The van der Waals surface area contributed by atoms with Gasteiger partial charge in [0.2, 0.25) is 5.91 Å². The third-order valence-corrected chi connectivity index (χ3v) is 7.04. The number of rotatable bonds is 4. The molecule has 0 radical (unpaired) electrons. The van der Waals surface area contributed by atoms with Crippen LogP contribution in [-0.4, -0.2) is 25.8 Å². The molecule has 1 aromatic heterocycles. The predicted molar refractivity (Wildman–Crippen MR) is 96.0 cm³/mol. The van der Waals surface area contributed by atoms with Crippen molar-refractivity contribution in [2.45, 2.75) is 30.5 Å². The molecule has 8 heteroatoms. The van der Waals surface area contributed by atoms with Crippen molar-refractivity contribution in [3.63, 3.8) is 0 Å². The normalized spacial score (nSPS) is 14.3. The number of anilines is 1. The topological polar surface area (TPSA) is 66.5 Å². The lowest BCUT2D eigenvalue weighted by Gasteiger charge is -2.29. The van der Waals surface area contributed by atoms with Gasteiger partial charge in [-0.25, -0.2) is 8.42 Å². The monoisotopic (exact) mass is 384 g/mol. The van der Waals surface area contributed by atoms with E-state index in [1.165, 1.54) is 6.07 Å². The van der Waals surface area contributed by atoms with Gasteiger partial charge in [0.05, 0.1) is 4.34 Å². The molecule has 128 valence electrons. The number of hydrogen-bond acceptors (Lipinski definition) is 4. The van der Waals surface area contributed by atoms with Crippen molar-refractivity contribution in [3.8, 4) is 0 Å². The molecule has 2 heterocycles. The minimum atomic E-state index is -3.65. The molecular formula is C16H17ClN2O3S2. The van der Waals surface area contributed by atoms with Crippen LogP contribution < -0.4 is 4.72 Å². The van der Waals surface area contributed by atoms with E-state index >= 15 is 0 Å². The van der Waals surface area contributed by atoms with Crippen molar-refractivity contribution in [3.05, 3.63) is 45.8 Å². The highest BCUT2D eigenvalue weighted by Crippen LogP contribution is 2.29. The van der Waals surface area contributed by atoms with Gasteiger partial charge in [-0.2, -0.15) is 0 Å². The Morgan fingerprint density at radius 1 is 1.29 bits per heavy atom. The van der Waals surface area contributed by atoms with Crippen molar-refractivity contribution in [2.24, 2.45) is 0 Å². The summed E-state index contributed by atoms with van der Waals surface area (Å²) in [5, 5.41) is 0. The van der Waals surface area contributed by atoms with Crippen LogP contribution in [0.4, 0.5) is 5.69 Å². The van der Waals surface area contributed by atoms with Gasteiger partial charge in [0, 0.05) is 25.2 Å². The summed E-state index contributed by atoms with van der Waals surface area (Å²) >= 11 is 6.82. The van der Waals surface area contributed by atoms with Crippen LogP contribution in [0.15, 0.2) is 34.5 Å². The lowest BCUT2D eigenvalue weighted by Crippen LogP contribution is -2.35. The summed E-state index contributed by atoms with van der Waals surface area (Å²) in [6, 6.07) is 8.51. The number of amides is 1. The van der Waals surface area contributed by atoms with Gasteiger partial charge in [-0.05, 0) is 41.8 Å². The molecule has 1 N–H and O–H groups in total. The highest BCUT2D eigenvalue weighted by molar-refractivity contribution is 7.94. The van der Waals surface area contributed by atoms with E-state index in [4.69, 9.17) is 11.6 Å². The fraction of sp³-hybridized carbons (Fsp3) is 0.312. The van der Waals surface area contributed by atoms with E-state index in [2.05, 4.69) is 4.72 Å². The van der Waals surface area contributed by atoms with Crippen LogP contribution >= 0.6 is 22.9 Å². The number of carbonyl (C=O) groups is 1. The molecule has 24 heavy (non-hydrogen) atoms. The van der Waals surface area contributed by atoms with Crippen molar-refractivity contribution >= 4 is 44.6 Å². The molecule has 0 bridgehead atoms. The maximum Gasteiger partial charge on any atom is 0.271 e. The number of halogens is 1. The minimum absolute atomic E-state index is 0.111. The molecule has 0 saturated heterocycles. The number of nitrogens with zero attached hydrogens (tertiary/aromatic N) is 1. The molecule has 0 unspecified atom stereocenters. The molecule has 1 aromatic carbocycles. The number of sulfonamides is 1. The summed E-state index contributed by atoms with van der Waals surface area (Å²) in [6.07, 6.45) is 1.26. The van der Waals surface area contributed by atoms with Crippen LogP contribution in [0, 0.1) is 0 Å². The Morgan fingerprint density at radius 2 is 2.08 bits per heavy atom. The second-order valence-corrected chi connectivity index (χ2v) is 9.19. The summed E-state index contributed by atoms with van der Waals surface area (Å²) in [5.74, 6) is 0.111. The zero-order chi connectivity index (χ0) is 17.3. The Hall–Kier alpha value is -1.57. The third-order valence-electron chi connectivity index (χ3n) is 3.94.